The lowest BCUT2D eigenvalue weighted by Gasteiger charge is -2.29. The van der Waals surface area contributed by atoms with Crippen molar-refractivity contribution in [1.29, 1.82) is 0 Å². The van der Waals surface area contributed by atoms with Crippen LogP contribution in [0.2, 0.25) is 10.0 Å². The highest BCUT2D eigenvalue weighted by Gasteiger charge is 2.61. The number of alkyl halides is 8. The molecule has 3 aromatic rings. The van der Waals surface area contributed by atoms with Crippen molar-refractivity contribution in [3.05, 3.63) is 82.3 Å². The average Bonchev–Trinajstić information content (AvgIpc) is 2.80. The lowest BCUT2D eigenvalue weighted by Crippen LogP contribution is -2.42. The van der Waals surface area contributed by atoms with E-state index in [2.05, 4.69) is 4.74 Å². The van der Waals surface area contributed by atoms with E-state index in [-0.39, 0.29) is 32.8 Å². The Hall–Kier alpha value is -2.96. The molecule has 0 aliphatic rings. The van der Waals surface area contributed by atoms with Crippen molar-refractivity contribution >= 4 is 28.9 Å². The fraction of sp³-hybridized carbons (Fsp3) is 0.250. The summed E-state index contributed by atoms with van der Waals surface area (Å²) in [6.45, 7) is -1.45. The molecule has 0 aromatic heterocycles. The van der Waals surface area contributed by atoms with Crippen LogP contribution in [0, 0.1) is 0 Å². The summed E-state index contributed by atoms with van der Waals surface area (Å²) in [6.07, 6.45) is -19.3. The van der Waals surface area contributed by atoms with Gasteiger partial charge < -0.3 is 19.5 Å². The van der Waals surface area contributed by atoms with E-state index < -0.39 is 43.4 Å². The Balaban J connectivity index is 1.91. The number of halogens is 10. The van der Waals surface area contributed by atoms with Crippen LogP contribution in [0.5, 0.6) is 17.2 Å². The zero-order chi connectivity index (χ0) is 28.3. The van der Waals surface area contributed by atoms with Crippen LogP contribution in [0.15, 0.2) is 66.7 Å². The normalized spacial score (nSPS) is 13.2. The van der Waals surface area contributed by atoms with Crippen LogP contribution in [0.1, 0.15) is 5.56 Å². The van der Waals surface area contributed by atoms with E-state index in [0.29, 0.717) is 0 Å². The third-order valence-corrected chi connectivity index (χ3v) is 5.75. The van der Waals surface area contributed by atoms with Gasteiger partial charge in [0.1, 0.15) is 22.3 Å². The lowest BCUT2D eigenvalue weighted by atomic mass is 10.1. The minimum absolute atomic E-state index is 0.0130. The van der Waals surface area contributed by atoms with Crippen molar-refractivity contribution in [2.45, 2.75) is 31.1 Å². The number of hydrogen-bond acceptors (Lipinski definition) is 4. The molecular formula is C24H17Cl2F8NO3. The molecule has 0 radical (unpaired) electrons. The Labute approximate surface area is 220 Å². The van der Waals surface area contributed by atoms with Gasteiger partial charge in [0, 0.05) is 18.3 Å². The molecular weight excluding hydrogens is 573 g/mol. The topological polar surface area (TPSA) is 41.9 Å². The van der Waals surface area contributed by atoms with Crippen molar-refractivity contribution in [3.8, 4) is 17.2 Å². The Morgan fingerprint density at radius 1 is 0.816 bits per heavy atom. The van der Waals surface area contributed by atoms with Gasteiger partial charge in [0.15, 0.2) is 6.10 Å². The molecule has 1 atom stereocenters. The molecule has 0 amide bonds. The maximum absolute atomic E-state index is 13.3. The van der Waals surface area contributed by atoms with Crippen LogP contribution in [-0.4, -0.2) is 36.2 Å². The summed E-state index contributed by atoms with van der Waals surface area (Å²) in [5.74, 6) is -0.595. The van der Waals surface area contributed by atoms with Crippen LogP contribution in [-0.2, 0) is 6.54 Å². The van der Waals surface area contributed by atoms with Gasteiger partial charge in [-0.05, 0) is 42.0 Å². The molecule has 1 N–H and O–H groups in total. The third-order valence-electron chi connectivity index (χ3n) is 4.95. The van der Waals surface area contributed by atoms with E-state index in [9.17, 15) is 40.2 Å². The zero-order valence-corrected chi connectivity index (χ0v) is 20.3. The quantitative estimate of drug-likeness (QED) is 0.255. The molecule has 0 aliphatic carbocycles. The second kappa shape index (κ2) is 11.4. The summed E-state index contributed by atoms with van der Waals surface area (Å²) in [5, 5.41) is 9.95. The summed E-state index contributed by atoms with van der Waals surface area (Å²) < 4.78 is 113. The van der Waals surface area contributed by atoms with Gasteiger partial charge in [-0.25, -0.2) is 0 Å². The molecule has 0 aliphatic heterocycles. The maximum Gasteiger partial charge on any atom is 0.499 e. The number of aliphatic hydroxyl groups is 1. The lowest BCUT2D eigenvalue weighted by molar-refractivity contribution is -0.360. The van der Waals surface area contributed by atoms with Gasteiger partial charge >= 0.3 is 18.5 Å². The molecule has 1 unspecified atom stereocenters. The molecule has 0 saturated carbocycles. The SMILES string of the molecule is OC(CN(Cc1cccc(OC(F)(F)C(F)(F)F)c1)c1cccc(Oc2cccc(Cl)c2Cl)c1)C(F)(F)F. The molecule has 4 nitrogen and oxygen atoms in total. The zero-order valence-electron chi connectivity index (χ0n) is 18.8. The minimum Gasteiger partial charge on any atom is -0.456 e. The molecule has 0 fully saturated rings. The number of benzene rings is 3. The predicted molar refractivity (Wildman–Crippen MR) is 124 cm³/mol. The van der Waals surface area contributed by atoms with Crippen molar-refractivity contribution in [1.82, 2.24) is 0 Å². The molecule has 0 saturated heterocycles. The fourth-order valence-electron chi connectivity index (χ4n) is 3.14. The summed E-state index contributed by atoms with van der Waals surface area (Å²) in [7, 11) is 0. The molecule has 0 bridgehead atoms. The maximum atomic E-state index is 13.3. The standard InChI is InChI=1S/C24H17Cl2F8NO3/c25-18-8-3-9-19(21(18)26)37-16-6-2-5-15(11-16)35(13-20(36)22(27,28)29)12-14-4-1-7-17(10-14)38-24(33,34)23(30,31)32/h1-11,20,36H,12-13H2. The smallest absolute Gasteiger partial charge is 0.456 e. The van der Waals surface area contributed by atoms with E-state index in [1.807, 2.05) is 0 Å². The summed E-state index contributed by atoms with van der Waals surface area (Å²) in [5.41, 5.74) is 0.106. The van der Waals surface area contributed by atoms with Crippen molar-refractivity contribution in [2.24, 2.45) is 0 Å². The van der Waals surface area contributed by atoms with Gasteiger partial charge in [0.05, 0.1) is 11.6 Å². The Morgan fingerprint density at radius 2 is 1.45 bits per heavy atom. The van der Waals surface area contributed by atoms with Gasteiger partial charge in [-0.2, -0.15) is 35.1 Å². The number of hydrogen-bond donors (Lipinski definition) is 1. The van der Waals surface area contributed by atoms with Gasteiger partial charge in [-0.3, -0.25) is 0 Å². The molecule has 3 rings (SSSR count). The van der Waals surface area contributed by atoms with Crippen LogP contribution in [0.25, 0.3) is 0 Å². The predicted octanol–water partition coefficient (Wildman–Crippen LogP) is 8.25. The molecule has 14 heteroatoms. The highest BCUT2D eigenvalue weighted by Crippen LogP contribution is 2.38. The number of ether oxygens (including phenoxy) is 2. The van der Waals surface area contributed by atoms with Crippen molar-refractivity contribution in [3.63, 3.8) is 0 Å². The highest BCUT2D eigenvalue weighted by molar-refractivity contribution is 6.42. The average molecular weight is 590 g/mol. The number of aliphatic hydroxyl groups excluding tert-OH is 1. The van der Waals surface area contributed by atoms with Crippen molar-refractivity contribution in [2.75, 3.05) is 11.4 Å². The van der Waals surface area contributed by atoms with Gasteiger partial charge in [0.2, 0.25) is 0 Å². The monoisotopic (exact) mass is 589 g/mol. The van der Waals surface area contributed by atoms with Crippen molar-refractivity contribution < 1.29 is 49.7 Å². The fourth-order valence-corrected chi connectivity index (χ4v) is 3.47. The highest BCUT2D eigenvalue weighted by atomic mass is 35.5. The van der Waals surface area contributed by atoms with E-state index in [4.69, 9.17) is 27.9 Å². The second-order valence-corrected chi connectivity index (χ2v) is 8.64. The first-order valence-corrected chi connectivity index (χ1v) is 11.3. The van der Waals surface area contributed by atoms with Gasteiger partial charge in [-0.1, -0.05) is 47.5 Å². The summed E-state index contributed by atoms with van der Waals surface area (Å²) in [4.78, 5) is 1.03. The second-order valence-electron chi connectivity index (χ2n) is 7.85. The van der Waals surface area contributed by atoms with Crippen LogP contribution < -0.4 is 14.4 Å². The summed E-state index contributed by atoms with van der Waals surface area (Å²) >= 11 is 12.1. The van der Waals surface area contributed by atoms with Crippen LogP contribution >= 0.6 is 23.2 Å². The van der Waals surface area contributed by atoms with E-state index >= 15 is 0 Å². The number of nitrogens with zero attached hydrogens (tertiary/aromatic N) is 1. The van der Waals surface area contributed by atoms with E-state index in [1.54, 1.807) is 6.07 Å². The van der Waals surface area contributed by atoms with E-state index in [1.165, 1.54) is 42.5 Å². The van der Waals surface area contributed by atoms with Gasteiger partial charge in [0.25, 0.3) is 0 Å². The largest absolute Gasteiger partial charge is 0.499 e. The first kappa shape index (κ1) is 29.6. The molecule has 206 valence electrons. The molecule has 0 spiro atoms. The van der Waals surface area contributed by atoms with Gasteiger partial charge in [-0.15, -0.1) is 0 Å². The summed E-state index contributed by atoms with van der Waals surface area (Å²) in [6, 6.07) is 14.2. The Bertz CT molecular complexity index is 1250. The first-order chi connectivity index (χ1) is 17.6. The molecule has 38 heavy (non-hydrogen) atoms. The number of anilines is 1. The third kappa shape index (κ3) is 7.55. The first-order valence-electron chi connectivity index (χ1n) is 10.5. The molecule has 3 aromatic carbocycles. The molecule has 0 heterocycles. The number of rotatable bonds is 9. The van der Waals surface area contributed by atoms with Crippen LogP contribution in [0.3, 0.4) is 0 Å². The Kier molecular flexibility index (Phi) is 8.89. The van der Waals surface area contributed by atoms with E-state index in [0.717, 1.165) is 23.1 Å². The van der Waals surface area contributed by atoms with Crippen LogP contribution in [0.4, 0.5) is 40.8 Å². The Morgan fingerprint density at radius 3 is 2.11 bits per heavy atom. The minimum atomic E-state index is -5.99.